The van der Waals surface area contributed by atoms with Crippen LogP contribution in [0.4, 0.5) is 17.1 Å². The number of amidine groups is 2. The predicted molar refractivity (Wildman–Crippen MR) is 179 cm³/mol. The van der Waals surface area contributed by atoms with Crippen molar-refractivity contribution in [2.75, 3.05) is 18.1 Å². The van der Waals surface area contributed by atoms with Crippen molar-refractivity contribution in [1.29, 1.82) is 0 Å². The molecule has 1 aliphatic rings. The second-order valence-electron chi connectivity index (χ2n) is 9.35. The minimum Gasteiger partial charge on any atom is -0.507 e. The summed E-state index contributed by atoms with van der Waals surface area (Å²) in [7, 11) is 0. The normalized spacial score (nSPS) is 15.7. The van der Waals surface area contributed by atoms with E-state index in [2.05, 4.69) is 10.2 Å². The first kappa shape index (κ1) is 30.9. The van der Waals surface area contributed by atoms with Gasteiger partial charge in [-0.3, -0.25) is 4.90 Å². The maximum atomic E-state index is 12.2. The molecule has 0 unspecified atom stereocenters. The molecule has 0 spiro atoms. The van der Waals surface area contributed by atoms with Crippen LogP contribution in [0.1, 0.15) is 40.1 Å². The number of carbonyl (C=O) groups is 2. The number of hydrogen-bond donors (Lipinski definition) is 1. The fourth-order valence-corrected chi connectivity index (χ4v) is 5.08. The minimum absolute atomic E-state index is 0.0856. The van der Waals surface area contributed by atoms with Gasteiger partial charge in [-0.05, 0) is 98.4 Å². The molecule has 4 aromatic rings. The highest BCUT2D eigenvalue weighted by atomic mass is 32.2. The maximum absolute atomic E-state index is 12.2. The number of aromatic hydroxyl groups is 1. The second-order valence-corrected chi connectivity index (χ2v) is 10.3. The molecule has 45 heavy (non-hydrogen) atoms. The molecule has 5 rings (SSSR count). The van der Waals surface area contributed by atoms with E-state index in [1.54, 1.807) is 86.6 Å². The largest absolute Gasteiger partial charge is 0.507 e. The summed E-state index contributed by atoms with van der Waals surface area (Å²) in [5, 5.41) is 19.9. The molecule has 10 nitrogen and oxygen atoms in total. The average Bonchev–Trinajstić information content (AvgIpc) is 3.39. The smallest absolute Gasteiger partial charge is 0.338 e. The lowest BCUT2D eigenvalue weighted by molar-refractivity contribution is 0.0517. The Morgan fingerprint density at radius 3 is 1.89 bits per heavy atom. The van der Waals surface area contributed by atoms with Gasteiger partial charge in [-0.15, -0.1) is 5.10 Å². The van der Waals surface area contributed by atoms with Crippen LogP contribution < -0.4 is 4.90 Å². The number of phenolic OH excluding ortho intramolecular Hbond substituents is 1. The molecule has 1 fully saturated rings. The summed E-state index contributed by atoms with van der Waals surface area (Å²) in [4.78, 5) is 36.0. The lowest BCUT2D eigenvalue weighted by atomic mass is 10.2. The molecule has 0 bridgehead atoms. The molecule has 0 amide bonds. The average molecular weight is 620 g/mol. The number of anilines is 1. The number of aliphatic imine (C=N–C) groups is 2. The highest BCUT2D eigenvalue weighted by Crippen LogP contribution is 2.33. The van der Waals surface area contributed by atoms with E-state index >= 15 is 0 Å². The van der Waals surface area contributed by atoms with E-state index in [1.807, 2.05) is 35.2 Å². The summed E-state index contributed by atoms with van der Waals surface area (Å²) in [6.07, 6.45) is 1.47. The molecule has 1 N–H and O–H groups in total. The summed E-state index contributed by atoms with van der Waals surface area (Å²) in [6, 6.07) is 29.9. The number of benzene rings is 4. The summed E-state index contributed by atoms with van der Waals surface area (Å²) in [5.74, 6) is -0.264. The lowest BCUT2D eigenvalue weighted by Crippen LogP contribution is -2.30. The van der Waals surface area contributed by atoms with Crippen LogP contribution in [-0.4, -0.2) is 52.5 Å². The van der Waals surface area contributed by atoms with Gasteiger partial charge in [0.25, 0.3) is 0 Å². The second kappa shape index (κ2) is 14.8. The molecule has 11 heteroatoms. The van der Waals surface area contributed by atoms with Gasteiger partial charge in [-0.1, -0.05) is 30.3 Å². The van der Waals surface area contributed by atoms with Crippen LogP contribution in [0.15, 0.2) is 123 Å². The monoisotopic (exact) mass is 619 g/mol. The van der Waals surface area contributed by atoms with Crippen LogP contribution in [0, 0.1) is 0 Å². The highest BCUT2D eigenvalue weighted by Gasteiger charge is 2.35. The van der Waals surface area contributed by atoms with Crippen molar-refractivity contribution < 1.29 is 24.2 Å². The number of carbonyl (C=O) groups excluding carboxylic acids is 2. The number of nitrogens with zero attached hydrogens (tertiary/aromatic N) is 5. The van der Waals surface area contributed by atoms with Crippen LogP contribution in [-0.2, 0) is 9.47 Å². The van der Waals surface area contributed by atoms with E-state index in [-0.39, 0.29) is 19.0 Å². The van der Waals surface area contributed by atoms with Gasteiger partial charge >= 0.3 is 11.9 Å². The Balaban J connectivity index is 1.59. The zero-order valence-corrected chi connectivity index (χ0v) is 25.3. The summed E-state index contributed by atoms with van der Waals surface area (Å²) in [6.45, 7) is 4.07. The topological polar surface area (TPSA) is 126 Å². The van der Waals surface area contributed by atoms with Gasteiger partial charge in [0, 0.05) is 11.3 Å². The third-order valence-corrected chi connectivity index (χ3v) is 7.21. The first-order chi connectivity index (χ1) is 22.0. The number of phenols is 1. The van der Waals surface area contributed by atoms with Crippen molar-refractivity contribution in [3.05, 3.63) is 120 Å². The van der Waals surface area contributed by atoms with E-state index in [9.17, 15) is 14.7 Å². The third-order valence-electron chi connectivity index (χ3n) is 6.30. The third kappa shape index (κ3) is 7.70. The van der Waals surface area contributed by atoms with Crippen molar-refractivity contribution in [2.45, 2.75) is 13.8 Å². The van der Waals surface area contributed by atoms with Crippen LogP contribution in [0.2, 0.25) is 0 Å². The zero-order valence-electron chi connectivity index (χ0n) is 24.5. The fraction of sp³-hybridized carbons (Fsp3) is 0.118. The highest BCUT2D eigenvalue weighted by molar-refractivity contribution is 8.29. The number of para-hydroxylation sites is 2. The molecule has 0 atom stereocenters. The number of rotatable bonds is 9. The zero-order chi connectivity index (χ0) is 31.6. The minimum atomic E-state index is -0.413. The SMILES string of the molecule is CCOC(=O)c1ccc(N=C2S/C(=N\N=C\c3ccccc3O)N(c3ccccc3)C2=Nc2ccc(C(=O)OCC)cc2)cc1. The van der Waals surface area contributed by atoms with Crippen molar-refractivity contribution in [2.24, 2.45) is 20.2 Å². The molecule has 1 aliphatic heterocycles. The maximum Gasteiger partial charge on any atom is 0.338 e. The fourth-order valence-electron chi connectivity index (χ4n) is 4.16. The van der Waals surface area contributed by atoms with Crippen molar-refractivity contribution in [3.63, 3.8) is 0 Å². The Morgan fingerprint density at radius 1 is 0.756 bits per heavy atom. The first-order valence-electron chi connectivity index (χ1n) is 14.1. The summed E-state index contributed by atoms with van der Waals surface area (Å²) >= 11 is 1.26. The van der Waals surface area contributed by atoms with Crippen LogP contribution in [0.3, 0.4) is 0 Å². The Labute approximate surface area is 264 Å². The molecule has 226 valence electrons. The van der Waals surface area contributed by atoms with E-state index in [4.69, 9.17) is 19.5 Å². The molecular formula is C34H29N5O5S. The van der Waals surface area contributed by atoms with Gasteiger partial charge in [-0.2, -0.15) is 5.10 Å². The molecule has 0 aliphatic carbocycles. The number of thioether (sulfide) groups is 1. The van der Waals surface area contributed by atoms with Crippen molar-refractivity contribution in [1.82, 2.24) is 0 Å². The van der Waals surface area contributed by atoms with Crippen LogP contribution in [0.25, 0.3) is 0 Å². The summed E-state index contributed by atoms with van der Waals surface area (Å²) < 4.78 is 10.2. The molecular weight excluding hydrogens is 590 g/mol. The van der Waals surface area contributed by atoms with E-state index in [1.165, 1.54) is 18.0 Å². The van der Waals surface area contributed by atoms with E-state index < -0.39 is 11.9 Å². The van der Waals surface area contributed by atoms with Gasteiger partial charge in [-0.25, -0.2) is 19.6 Å². The molecule has 1 saturated heterocycles. The molecule has 4 aromatic carbocycles. The molecule has 0 saturated carbocycles. The lowest BCUT2D eigenvalue weighted by Gasteiger charge is -2.17. The van der Waals surface area contributed by atoms with Crippen LogP contribution >= 0.6 is 11.8 Å². The number of ether oxygens (including phenoxy) is 2. The number of esters is 2. The van der Waals surface area contributed by atoms with E-state index in [0.717, 1.165) is 5.69 Å². The van der Waals surface area contributed by atoms with Gasteiger partial charge in [0.2, 0.25) is 5.17 Å². The first-order valence-corrected chi connectivity index (χ1v) is 14.9. The van der Waals surface area contributed by atoms with Gasteiger partial charge in [0.15, 0.2) is 5.84 Å². The van der Waals surface area contributed by atoms with Crippen LogP contribution in [0.5, 0.6) is 5.75 Å². The van der Waals surface area contributed by atoms with Crippen molar-refractivity contribution >= 4 is 63.0 Å². The Morgan fingerprint density at radius 2 is 1.31 bits per heavy atom. The van der Waals surface area contributed by atoms with Gasteiger partial charge in [0.05, 0.1) is 41.9 Å². The molecule has 0 radical (unpaired) electrons. The Kier molecular flexibility index (Phi) is 10.1. The Bertz CT molecular complexity index is 1790. The quantitative estimate of drug-likeness (QED) is 0.120. The van der Waals surface area contributed by atoms with Gasteiger partial charge < -0.3 is 14.6 Å². The molecule has 0 aromatic heterocycles. The predicted octanol–water partition coefficient (Wildman–Crippen LogP) is 7.15. The molecule has 1 heterocycles. The number of hydrogen-bond acceptors (Lipinski definition) is 10. The standard InChI is InChI=1S/C34H29N5O5S/c1-3-43-32(41)23-14-18-26(19-15-23)36-30-31(37-27-20-16-24(17-21-27)33(42)44-4-2)45-34(39(30)28-11-6-5-7-12-28)38-35-22-25-10-8-9-13-29(25)40/h5-22,40H,3-4H2,1-2H3/b35-22+,36-30?,37-31?,38-34-. The van der Waals surface area contributed by atoms with Gasteiger partial charge in [0.1, 0.15) is 10.8 Å². The van der Waals surface area contributed by atoms with E-state index in [0.29, 0.717) is 44.1 Å². The Hall–Kier alpha value is -5.55. The van der Waals surface area contributed by atoms with Crippen molar-refractivity contribution in [3.8, 4) is 5.75 Å². The summed E-state index contributed by atoms with van der Waals surface area (Å²) in [5.41, 5.74) is 3.28.